The Balaban J connectivity index is 1.96. The van der Waals surface area contributed by atoms with Crippen LogP contribution >= 0.6 is 0 Å². The van der Waals surface area contributed by atoms with Crippen LogP contribution in [0, 0.1) is 0 Å². The van der Waals surface area contributed by atoms with Gasteiger partial charge >= 0.3 is 0 Å². The Bertz CT molecular complexity index is 995. The Kier molecular flexibility index (Phi) is 8.52. The van der Waals surface area contributed by atoms with Crippen molar-refractivity contribution in [3.05, 3.63) is 42.5 Å². The summed E-state index contributed by atoms with van der Waals surface area (Å²) in [5.41, 5.74) is 0. The van der Waals surface area contributed by atoms with Crippen LogP contribution in [0.2, 0.25) is 0 Å². The molecule has 0 aliphatic rings. The first-order valence-electron chi connectivity index (χ1n) is 9.46. The molecular weight excluding hydrogens is 424 g/mol. The number of hydrogen-bond acceptors (Lipinski definition) is 7. The number of carbonyl (C=O) groups is 1. The molecule has 2 aromatic carbocycles. The number of ether oxygens (including phenoxy) is 4. The van der Waals surface area contributed by atoms with Crippen LogP contribution in [0.25, 0.3) is 0 Å². The van der Waals surface area contributed by atoms with Crippen molar-refractivity contribution in [1.82, 2.24) is 9.62 Å². The summed E-state index contributed by atoms with van der Waals surface area (Å²) in [6.45, 7) is 1.60. The number of likely N-dealkylation sites (N-methyl/N-ethyl adjacent to an activating group) is 1. The first-order chi connectivity index (χ1) is 14.7. The minimum Gasteiger partial charge on any atom is -0.493 e. The van der Waals surface area contributed by atoms with E-state index in [1.807, 2.05) is 12.1 Å². The summed E-state index contributed by atoms with van der Waals surface area (Å²) in [4.78, 5) is 12.4. The standard InChI is InChI=1S/C21H28N2O7S/c1-15(14-30-19-9-7-6-8-17(19)27-3)22-21(24)13-23(2)31(25,26)16-10-11-18(28-4)20(12-16)29-5/h6-12,15H,13-14H2,1-5H3,(H,22,24)/t15-/m0/s1. The molecule has 0 saturated heterocycles. The molecule has 0 aromatic heterocycles. The van der Waals surface area contributed by atoms with E-state index in [1.54, 1.807) is 26.2 Å². The van der Waals surface area contributed by atoms with Crippen molar-refractivity contribution in [3.8, 4) is 23.0 Å². The van der Waals surface area contributed by atoms with Gasteiger partial charge in [0.25, 0.3) is 0 Å². The van der Waals surface area contributed by atoms with E-state index in [2.05, 4.69) is 5.32 Å². The average molecular weight is 453 g/mol. The van der Waals surface area contributed by atoms with Gasteiger partial charge in [-0.15, -0.1) is 0 Å². The highest BCUT2D eigenvalue weighted by atomic mass is 32.2. The average Bonchev–Trinajstić information content (AvgIpc) is 2.76. The SMILES string of the molecule is COc1ccc(S(=O)(=O)N(C)CC(=O)N[C@@H](C)COc2ccccc2OC)cc1OC. The summed E-state index contributed by atoms with van der Waals surface area (Å²) in [6, 6.07) is 11.1. The molecule has 0 spiro atoms. The van der Waals surface area contributed by atoms with Crippen molar-refractivity contribution in [2.75, 3.05) is 41.5 Å². The number of amides is 1. The number of nitrogens with zero attached hydrogens (tertiary/aromatic N) is 1. The molecule has 0 aliphatic heterocycles. The molecule has 0 bridgehead atoms. The largest absolute Gasteiger partial charge is 0.493 e. The maximum Gasteiger partial charge on any atom is 0.243 e. The molecule has 1 N–H and O–H groups in total. The zero-order valence-corrected chi connectivity index (χ0v) is 19.1. The molecule has 1 atom stereocenters. The van der Waals surface area contributed by atoms with Gasteiger partial charge in [-0.25, -0.2) is 8.42 Å². The third-order valence-corrected chi connectivity index (χ3v) is 6.19. The van der Waals surface area contributed by atoms with E-state index in [1.165, 1.54) is 39.5 Å². The molecule has 170 valence electrons. The summed E-state index contributed by atoms with van der Waals surface area (Å²) >= 11 is 0. The maximum absolute atomic E-state index is 12.8. The van der Waals surface area contributed by atoms with E-state index in [0.717, 1.165) is 4.31 Å². The van der Waals surface area contributed by atoms with E-state index >= 15 is 0 Å². The van der Waals surface area contributed by atoms with Gasteiger partial charge in [-0.3, -0.25) is 4.79 Å². The Labute approximate surface area is 182 Å². The minimum atomic E-state index is -3.90. The van der Waals surface area contributed by atoms with E-state index < -0.39 is 15.9 Å². The summed E-state index contributed by atoms with van der Waals surface area (Å²) < 4.78 is 47.8. The molecule has 31 heavy (non-hydrogen) atoms. The lowest BCUT2D eigenvalue weighted by molar-refractivity contribution is -0.121. The lowest BCUT2D eigenvalue weighted by atomic mass is 10.3. The second-order valence-electron chi connectivity index (χ2n) is 6.71. The van der Waals surface area contributed by atoms with E-state index in [4.69, 9.17) is 18.9 Å². The minimum absolute atomic E-state index is 0.00648. The summed E-state index contributed by atoms with van der Waals surface area (Å²) in [6.07, 6.45) is 0. The van der Waals surface area contributed by atoms with Crippen LogP contribution in [0.5, 0.6) is 23.0 Å². The van der Waals surface area contributed by atoms with Crippen molar-refractivity contribution in [2.24, 2.45) is 0 Å². The van der Waals surface area contributed by atoms with Crippen LogP contribution in [-0.2, 0) is 14.8 Å². The second kappa shape index (κ2) is 10.9. The van der Waals surface area contributed by atoms with Crippen LogP contribution < -0.4 is 24.3 Å². The first kappa shape index (κ1) is 24.3. The number of rotatable bonds is 11. The predicted octanol–water partition coefficient (Wildman–Crippen LogP) is 1.92. The van der Waals surface area contributed by atoms with E-state index in [0.29, 0.717) is 17.2 Å². The summed E-state index contributed by atoms with van der Waals surface area (Å²) in [7, 11) is 1.85. The van der Waals surface area contributed by atoms with E-state index in [9.17, 15) is 13.2 Å². The summed E-state index contributed by atoms with van der Waals surface area (Å²) in [5, 5.41) is 2.73. The Hall–Kier alpha value is -2.98. The smallest absolute Gasteiger partial charge is 0.243 e. The molecule has 0 aliphatic carbocycles. The Morgan fingerprint density at radius 3 is 2.16 bits per heavy atom. The van der Waals surface area contributed by atoms with Crippen molar-refractivity contribution in [3.63, 3.8) is 0 Å². The van der Waals surface area contributed by atoms with Crippen molar-refractivity contribution in [2.45, 2.75) is 17.9 Å². The van der Waals surface area contributed by atoms with Gasteiger partial charge in [0, 0.05) is 13.1 Å². The van der Waals surface area contributed by atoms with Gasteiger partial charge in [0.15, 0.2) is 23.0 Å². The maximum atomic E-state index is 12.8. The third kappa shape index (κ3) is 6.25. The summed E-state index contributed by atoms with van der Waals surface area (Å²) in [5.74, 6) is 1.37. The zero-order chi connectivity index (χ0) is 23.0. The van der Waals surface area contributed by atoms with Crippen LogP contribution in [-0.4, -0.2) is 66.2 Å². The molecular formula is C21H28N2O7S. The molecule has 10 heteroatoms. The number of sulfonamides is 1. The van der Waals surface area contributed by atoms with Gasteiger partial charge in [0.05, 0.1) is 38.8 Å². The molecule has 0 unspecified atom stereocenters. The van der Waals surface area contributed by atoms with Gasteiger partial charge in [0.2, 0.25) is 15.9 Å². The first-order valence-corrected chi connectivity index (χ1v) is 10.9. The highest BCUT2D eigenvalue weighted by molar-refractivity contribution is 7.89. The lowest BCUT2D eigenvalue weighted by Crippen LogP contribution is -2.43. The molecule has 0 radical (unpaired) electrons. The topological polar surface area (TPSA) is 103 Å². The number of methoxy groups -OCH3 is 3. The fourth-order valence-corrected chi connectivity index (χ4v) is 3.90. The van der Waals surface area contributed by atoms with Crippen molar-refractivity contribution in [1.29, 1.82) is 0 Å². The fourth-order valence-electron chi connectivity index (χ4n) is 2.76. The molecule has 0 fully saturated rings. The molecule has 0 saturated carbocycles. The highest BCUT2D eigenvalue weighted by Crippen LogP contribution is 2.30. The molecule has 2 aromatic rings. The molecule has 0 heterocycles. The second-order valence-corrected chi connectivity index (χ2v) is 8.75. The Morgan fingerprint density at radius 1 is 0.968 bits per heavy atom. The number of carbonyl (C=O) groups excluding carboxylic acids is 1. The monoisotopic (exact) mass is 452 g/mol. The van der Waals surface area contributed by atoms with Gasteiger partial charge in [0.1, 0.15) is 6.61 Å². The quantitative estimate of drug-likeness (QED) is 0.556. The van der Waals surface area contributed by atoms with Gasteiger partial charge in [-0.1, -0.05) is 12.1 Å². The van der Waals surface area contributed by atoms with Crippen LogP contribution in [0.1, 0.15) is 6.92 Å². The van der Waals surface area contributed by atoms with E-state index in [-0.39, 0.29) is 29.8 Å². The van der Waals surface area contributed by atoms with Gasteiger partial charge in [-0.05, 0) is 31.2 Å². The fraction of sp³-hybridized carbons (Fsp3) is 0.381. The number of hydrogen-bond donors (Lipinski definition) is 1. The predicted molar refractivity (Wildman–Crippen MR) is 115 cm³/mol. The Morgan fingerprint density at radius 2 is 1.55 bits per heavy atom. The van der Waals surface area contributed by atoms with Crippen LogP contribution in [0.15, 0.2) is 47.4 Å². The van der Waals surface area contributed by atoms with Gasteiger partial charge < -0.3 is 24.3 Å². The lowest BCUT2D eigenvalue weighted by Gasteiger charge is -2.20. The van der Waals surface area contributed by atoms with Gasteiger partial charge in [-0.2, -0.15) is 4.31 Å². The van der Waals surface area contributed by atoms with Crippen molar-refractivity contribution >= 4 is 15.9 Å². The molecule has 2 rings (SSSR count). The number of nitrogens with one attached hydrogen (secondary N) is 1. The van der Waals surface area contributed by atoms with Crippen LogP contribution in [0.3, 0.4) is 0 Å². The molecule has 1 amide bonds. The third-order valence-electron chi connectivity index (χ3n) is 4.39. The number of para-hydroxylation sites is 2. The van der Waals surface area contributed by atoms with Crippen LogP contribution in [0.4, 0.5) is 0 Å². The van der Waals surface area contributed by atoms with Crippen molar-refractivity contribution < 1.29 is 32.2 Å². The normalized spacial score (nSPS) is 12.2. The molecule has 9 nitrogen and oxygen atoms in total. The number of benzene rings is 2. The highest BCUT2D eigenvalue weighted by Gasteiger charge is 2.25. The zero-order valence-electron chi connectivity index (χ0n) is 18.2.